The zero-order chi connectivity index (χ0) is 14.9. The molecule has 1 aromatic rings. The molecule has 2 saturated carbocycles. The van der Waals surface area contributed by atoms with Gasteiger partial charge in [-0.05, 0) is 32.1 Å². The van der Waals surface area contributed by atoms with E-state index >= 15 is 0 Å². The van der Waals surface area contributed by atoms with E-state index in [2.05, 4.69) is 15.3 Å². The number of aromatic nitrogens is 2. The van der Waals surface area contributed by atoms with Crippen LogP contribution in [0.15, 0.2) is 22.2 Å². The summed E-state index contributed by atoms with van der Waals surface area (Å²) in [5.41, 5.74) is -0.719. The molecule has 0 bridgehead atoms. The molecule has 0 saturated heterocycles. The number of carbonyl (C=O) groups excluding carboxylic acids is 1. The Hall–Kier alpha value is -1.34. The van der Waals surface area contributed by atoms with Crippen LogP contribution < -0.4 is 10.9 Å². The van der Waals surface area contributed by atoms with E-state index in [4.69, 9.17) is 4.74 Å². The first kappa shape index (κ1) is 14.6. The third-order valence-corrected chi connectivity index (χ3v) is 5.20. The van der Waals surface area contributed by atoms with Crippen LogP contribution in [0.5, 0.6) is 0 Å². The second kappa shape index (κ2) is 5.81. The molecule has 1 heterocycles. The van der Waals surface area contributed by atoms with Gasteiger partial charge in [0, 0.05) is 23.6 Å². The van der Waals surface area contributed by atoms with Crippen molar-refractivity contribution in [1.82, 2.24) is 15.3 Å². The number of esters is 1. The van der Waals surface area contributed by atoms with Crippen LogP contribution in [0, 0.1) is 0 Å². The van der Waals surface area contributed by atoms with Crippen LogP contribution in [0.25, 0.3) is 0 Å². The van der Waals surface area contributed by atoms with E-state index in [9.17, 15) is 9.59 Å². The molecule has 21 heavy (non-hydrogen) atoms. The third kappa shape index (κ3) is 3.29. The van der Waals surface area contributed by atoms with E-state index in [0.717, 1.165) is 25.7 Å². The molecule has 0 aromatic carbocycles. The maximum Gasteiger partial charge on any atom is 0.326 e. The topological polar surface area (TPSA) is 84.1 Å². The Balaban J connectivity index is 1.69. The molecule has 2 atom stereocenters. The molecule has 0 aliphatic heterocycles. The van der Waals surface area contributed by atoms with Crippen molar-refractivity contribution in [1.29, 1.82) is 0 Å². The molecule has 2 fully saturated rings. The third-order valence-electron chi connectivity index (χ3n) is 4.03. The average molecular weight is 309 g/mol. The molecule has 2 aliphatic carbocycles. The summed E-state index contributed by atoms with van der Waals surface area (Å²) in [6.07, 6.45) is 6.14. The van der Waals surface area contributed by atoms with Crippen molar-refractivity contribution >= 4 is 17.7 Å². The molecular weight excluding hydrogens is 290 g/mol. The number of rotatable bonds is 5. The van der Waals surface area contributed by atoms with Gasteiger partial charge in [-0.3, -0.25) is 14.9 Å². The summed E-state index contributed by atoms with van der Waals surface area (Å²) >= 11 is 1.53. The van der Waals surface area contributed by atoms with Gasteiger partial charge >= 0.3 is 5.97 Å². The fourth-order valence-electron chi connectivity index (χ4n) is 2.86. The zero-order valence-electron chi connectivity index (χ0n) is 11.9. The van der Waals surface area contributed by atoms with Crippen LogP contribution in [0.4, 0.5) is 0 Å². The molecule has 6 nitrogen and oxygen atoms in total. The fourth-order valence-corrected chi connectivity index (χ4v) is 4.06. The van der Waals surface area contributed by atoms with E-state index < -0.39 is 5.54 Å². The second-order valence-corrected chi connectivity index (χ2v) is 7.00. The lowest BCUT2D eigenvalue weighted by Gasteiger charge is -2.27. The van der Waals surface area contributed by atoms with Gasteiger partial charge in [-0.1, -0.05) is 11.8 Å². The number of H-pyrrole nitrogens is 1. The summed E-state index contributed by atoms with van der Waals surface area (Å²) in [6.45, 7) is 0. The molecule has 7 heteroatoms. The number of ether oxygens (including phenoxy) is 1. The monoisotopic (exact) mass is 309 g/mol. The smallest absolute Gasteiger partial charge is 0.326 e. The highest BCUT2D eigenvalue weighted by atomic mass is 32.2. The Morgan fingerprint density at radius 1 is 1.52 bits per heavy atom. The van der Waals surface area contributed by atoms with Crippen LogP contribution in [0.2, 0.25) is 0 Å². The van der Waals surface area contributed by atoms with Crippen molar-refractivity contribution in [2.45, 2.75) is 54.1 Å². The summed E-state index contributed by atoms with van der Waals surface area (Å²) < 4.78 is 5.00. The van der Waals surface area contributed by atoms with Crippen molar-refractivity contribution in [3.63, 3.8) is 0 Å². The first-order valence-corrected chi connectivity index (χ1v) is 8.07. The molecule has 0 amide bonds. The highest BCUT2D eigenvalue weighted by Gasteiger charge is 2.49. The first-order valence-electron chi connectivity index (χ1n) is 7.19. The predicted octanol–water partition coefficient (Wildman–Crippen LogP) is 1.08. The van der Waals surface area contributed by atoms with Gasteiger partial charge in [-0.15, -0.1) is 0 Å². The number of carbonyl (C=O) groups is 1. The van der Waals surface area contributed by atoms with Crippen molar-refractivity contribution in [3.05, 3.63) is 22.6 Å². The van der Waals surface area contributed by atoms with Crippen molar-refractivity contribution in [2.24, 2.45) is 0 Å². The number of nitrogens with zero attached hydrogens (tertiary/aromatic N) is 1. The lowest BCUT2D eigenvalue weighted by atomic mass is 9.97. The highest BCUT2D eigenvalue weighted by molar-refractivity contribution is 7.99. The minimum atomic E-state index is -0.567. The molecular formula is C14H19N3O3S. The lowest BCUT2D eigenvalue weighted by Crippen LogP contribution is -2.52. The normalized spacial score (nSPS) is 28.5. The highest BCUT2D eigenvalue weighted by Crippen LogP contribution is 2.41. The van der Waals surface area contributed by atoms with Gasteiger partial charge in [-0.2, -0.15) is 0 Å². The van der Waals surface area contributed by atoms with E-state index in [0.29, 0.717) is 17.6 Å². The summed E-state index contributed by atoms with van der Waals surface area (Å²) in [6, 6.07) is 1.84. The molecule has 1 aromatic heterocycles. The van der Waals surface area contributed by atoms with Crippen molar-refractivity contribution in [2.75, 3.05) is 7.11 Å². The minimum absolute atomic E-state index is 0.152. The number of thioether (sulfide) groups is 1. The van der Waals surface area contributed by atoms with Crippen LogP contribution >= 0.6 is 11.8 Å². The maximum absolute atomic E-state index is 12.2. The molecule has 2 aliphatic rings. The van der Waals surface area contributed by atoms with Crippen molar-refractivity contribution in [3.8, 4) is 0 Å². The number of methoxy groups -OCH3 is 1. The van der Waals surface area contributed by atoms with Crippen LogP contribution in [0.3, 0.4) is 0 Å². The minimum Gasteiger partial charge on any atom is -0.468 e. The quantitative estimate of drug-likeness (QED) is 0.625. The van der Waals surface area contributed by atoms with Gasteiger partial charge in [0.2, 0.25) is 0 Å². The summed E-state index contributed by atoms with van der Waals surface area (Å²) in [7, 11) is 1.44. The standard InChI is InChI=1S/C14H19N3O3S/c1-20-12(19)14(17-9-2-3-9)6-4-10(8-14)21-13-15-7-5-11(18)16-13/h5,7,9-10,17H,2-4,6,8H2,1H3,(H,15,16,18). The summed E-state index contributed by atoms with van der Waals surface area (Å²) in [5, 5.41) is 4.33. The zero-order valence-corrected chi connectivity index (χ0v) is 12.7. The van der Waals surface area contributed by atoms with Crippen molar-refractivity contribution < 1.29 is 9.53 Å². The molecule has 0 spiro atoms. The van der Waals surface area contributed by atoms with Gasteiger partial charge in [0.15, 0.2) is 5.16 Å². The first-order chi connectivity index (χ1) is 10.1. The number of hydrogen-bond donors (Lipinski definition) is 2. The number of nitrogens with one attached hydrogen (secondary N) is 2. The number of aromatic amines is 1. The predicted molar refractivity (Wildman–Crippen MR) is 79.3 cm³/mol. The van der Waals surface area contributed by atoms with Gasteiger partial charge in [-0.25, -0.2) is 4.98 Å². The molecule has 2 unspecified atom stereocenters. The van der Waals surface area contributed by atoms with E-state index in [1.165, 1.54) is 31.1 Å². The Bertz CT molecular complexity index is 587. The van der Waals surface area contributed by atoms with E-state index in [1.807, 2.05) is 0 Å². The Labute approximate surface area is 127 Å². The van der Waals surface area contributed by atoms with E-state index in [-0.39, 0.29) is 16.8 Å². The van der Waals surface area contributed by atoms with Crippen LogP contribution in [0.1, 0.15) is 32.1 Å². The molecule has 3 rings (SSSR count). The van der Waals surface area contributed by atoms with E-state index in [1.54, 1.807) is 0 Å². The van der Waals surface area contributed by atoms with Gasteiger partial charge in [0.05, 0.1) is 7.11 Å². The SMILES string of the molecule is COC(=O)C1(NC2CC2)CCC(Sc2nccc(=O)[nH]2)C1. The fraction of sp³-hybridized carbons (Fsp3) is 0.643. The molecule has 0 radical (unpaired) electrons. The largest absolute Gasteiger partial charge is 0.468 e. The Morgan fingerprint density at radius 2 is 2.33 bits per heavy atom. The van der Waals surface area contributed by atoms with Crippen LogP contribution in [-0.4, -0.2) is 39.9 Å². The van der Waals surface area contributed by atoms with Gasteiger partial charge < -0.3 is 9.72 Å². The maximum atomic E-state index is 12.2. The Morgan fingerprint density at radius 3 is 3.00 bits per heavy atom. The molecule has 2 N–H and O–H groups in total. The lowest BCUT2D eigenvalue weighted by molar-refractivity contribution is -0.148. The van der Waals surface area contributed by atoms with Gasteiger partial charge in [0.1, 0.15) is 5.54 Å². The summed E-state index contributed by atoms with van der Waals surface area (Å²) in [4.78, 5) is 30.4. The average Bonchev–Trinajstić information content (AvgIpc) is 3.18. The Kier molecular flexibility index (Phi) is 4.03. The number of hydrogen-bond acceptors (Lipinski definition) is 6. The summed E-state index contributed by atoms with van der Waals surface area (Å²) in [5.74, 6) is -0.174. The van der Waals surface area contributed by atoms with Crippen LogP contribution in [-0.2, 0) is 9.53 Å². The second-order valence-electron chi connectivity index (χ2n) is 5.71. The molecule has 114 valence electrons. The van der Waals surface area contributed by atoms with Gasteiger partial charge in [0.25, 0.3) is 5.56 Å².